The number of carbonyl (C=O) groups is 1. The summed E-state index contributed by atoms with van der Waals surface area (Å²) in [5, 5.41) is 0. The van der Waals surface area contributed by atoms with Crippen LogP contribution in [0.4, 0.5) is 0 Å². The maximum atomic E-state index is 11.6. The Balaban J connectivity index is 2.70. The molecule has 0 bridgehead atoms. The van der Waals surface area contributed by atoms with Gasteiger partial charge in [0.15, 0.2) is 0 Å². The van der Waals surface area contributed by atoms with Gasteiger partial charge in [0.1, 0.15) is 5.56 Å². The van der Waals surface area contributed by atoms with Crippen molar-refractivity contribution in [3.05, 3.63) is 22.4 Å². The number of fused-ring (bicyclic) bond motifs is 1. The first-order valence-electron chi connectivity index (χ1n) is 4.86. The molecule has 0 aromatic carbocycles. The Morgan fingerprint density at radius 1 is 1.40 bits per heavy atom. The maximum absolute atomic E-state index is 11.6. The second kappa shape index (κ2) is 3.53. The van der Waals surface area contributed by atoms with E-state index in [1.165, 1.54) is 7.11 Å². The molecule has 0 radical (unpaired) electrons. The summed E-state index contributed by atoms with van der Waals surface area (Å²) >= 11 is 0. The van der Waals surface area contributed by atoms with Crippen molar-refractivity contribution in [1.29, 1.82) is 0 Å². The van der Waals surface area contributed by atoms with Gasteiger partial charge in [-0.15, -0.1) is 0 Å². The van der Waals surface area contributed by atoms with E-state index in [0.717, 1.165) is 23.2 Å². The van der Waals surface area contributed by atoms with Crippen molar-refractivity contribution in [3.8, 4) is 5.88 Å². The van der Waals surface area contributed by atoms with Crippen molar-refractivity contribution in [2.24, 2.45) is 0 Å². The van der Waals surface area contributed by atoms with Crippen LogP contribution in [-0.4, -0.2) is 24.7 Å². The summed E-state index contributed by atoms with van der Waals surface area (Å²) in [6, 6.07) is 0. The minimum atomic E-state index is -0.330. The van der Waals surface area contributed by atoms with Crippen LogP contribution in [0.5, 0.6) is 5.88 Å². The van der Waals surface area contributed by atoms with Crippen LogP contribution in [0.3, 0.4) is 0 Å². The molecule has 0 fully saturated rings. The normalized spacial score (nSPS) is 14.5. The number of cyclic esters (lactones) is 1. The molecule has 4 heteroatoms. The van der Waals surface area contributed by atoms with Gasteiger partial charge in [0.05, 0.1) is 13.7 Å². The molecular formula is C11H13NO3. The van der Waals surface area contributed by atoms with Gasteiger partial charge in [0, 0.05) is 12.1 Å². The lowest BCUT2D eigenvalue weighted by Gasteiger charge is -2.20. The molecule has 0 aliphatic carbocycles. The maximum Gasteiger partial charge on any atom is 0.343 e. The molecule has 0 unspecified atom stereocenters. The van der Waals surface area contributed by atoms with Crippen LogP contribution in [0, 0.1) is 13.8 Å². The predicted molar refractivity (Wildman–Crippen MR) is 54.2 cm³/mol. The van der Waals surface area contributed by atoms with Crippen LogP contribution in [0.1, 0.15) is 27.2 Å². The summed E-state index contributed by atoms with van der Waals surface area (Å²) in [7, 11) is 1.51. The predicted octanol–water partition coefficient (Wildman–Crippen LogP) is 1.42. The van der Waals surface area contributed by atoms with Gasteiger partial charge in [-0.1, -0.05) is 0 Å². The minimum absolute atomic E-state index is 0.330. The molecule has 1 aliphatic rings. The number of hydrogen-bond acceptors (Lipinski definition) is 4. The van der Waals surface area contributed by atoms with E-state index in [0.29, 0.717) is 18.1 Å². The topological polar surface area (TPSA) is 48.4 Å². The lowest BCUT2D eigenvalue weighted by molar-refractivity contribution is 0.0474. The van der Waals surface area contributed by atoms with Crippen molar-refractivity contribution < 1.29 is 14.3 Å². The summed E-state index contributed by atoms with van der Waals surface area (Å²) in [6.07, 6.45) is 0.743. The Labute approximate surface area is 88.2 Å². The minimum Gasteiger partial charge on any atom is -0.480 e. The van der Waals surface area contributed by atoms with Gasteiger partial charge in [-0.3, -0.25) is 0 Å². The fraction of sp³-hybridized carbons (Fsp3) is 0.455. The molecule has 1 aromatic heterocycles. The van der Waals surface area contributed by atoms with E-state index in [9.17, 15) is 4.79 Å². The number of pyridine rings is 1. The van der Waals surface area contributed by atoms with Gasteiger partial charge >= 0.3 is 5.97 Å². The second-order valence-corrected chi connectivity index (χ2v) is 3.57. The van der Waals surface area contributed by atoms with Crippen molar-refractivity contribution in [2.75, 3.05) is 13.7 Å². The zero-order valence-electron chi connectivity index (χ0n) is 9.09. The summed E-state index contributed by atoms with van der Waals surface area (Å²) in [6.45, 7) is 4.33. The Bertz CT molecular complexity index is 426. The standard InChI is InChI=1S/C11H13NO3/c1-6-7(2)12-10(14-3)9-8(6)4-5-15-11(9)13/h4-5H2,1-3H3. The molecule has 80 valence electrons. The molecule has 0 spiro atoms. The van der Waals surface area contributed by atoms with Gasteiger partial charge in [0.25, 0.3) is 0 Å². The molecule has 0 atom stereocenters. The van der Waals surface area contributed by atoms with E-state index in [1.54, 1.807) is 0 Å². The average Bonchev–Trinajstić information content (AvgIpc) is 2.23. The van der Waals surface area contributed by atoms with Gasteiger partial charge in [-0.2, -0.15) is 0 Å². The first-order chi connectivity index (χ1) is 7.15. The van der Waals surface area contributed by atoms with Crippen LogP contribution in [0.15, 0.2) is 0 Å². The Morgan fingerprint density at radius 3 is 2.80 bits per heavy atom. The third-order valence-corrected chi connectivity index (χ3v) is 2.76. The highest BCUT2D eigenvalue weighted by Gasteiger charge is 2.26. The number of nitrogens with zero attached hydrogens (tertiary/aromatic N) is 1. The third kappa shape index (κ3) is 1.46. The number of aryl methyl sites for hydroxylation is 1. The largest absolute Gasteiger partial charge is 0.480 e. The monoisotopic (exact) mass is 207 g/mol. The highest BCUT2D eigenvalue weighted by molar-refractivity contribution is 5.95. The lowest BCUT2D eigenvalue weighted by atomic mass is 9.98. The van der Waals surface area contributed by atoms with Crippen molar-refractivity contribution >= 4 is 5.97 Å². The Morgan fingerprint density at radius 2 is 2.13 bits per heavy atom. The van der Waals surface area contributed by atoms with E-state index in [1.807, 2.05) is 13.8 Å². The first-order valence-corrected chi connectivity index (χ1v) is 4.86. The number of esters is 1. The number of ether oxygens (including phenoxy) is 2. The quantitative estimate of drug-likeness (QED) is 0.653. The van der Waals surface area contributed by atoms with E-state index < -0.39 is 0 Å². The van der Waals surface area contributed by atoms with Crippen LogP contribution in [0.2, 0.25) is 0 Å². The molecule has 1 aromatic rings. The molecule has 15 heavy (non-hydrogen) atoms. The van der Waals surface area contributed by atoms with Gasteiger partial charge < -0.3 is 9.47 Å². The average molecular weight is 207 g/mol. The molecule has 0 N–H and O–H groups in total. The molecule has 4 nitrogen and oxygen atoms in total. The van der Waals surface area contributed by atoms with Crippen molar-refractivity contribution in [1.82, 2.24) is 4.98 Å². The SMILES string of the molecule is COc1nc(C)c(C)c2c1C(=O)OCC2. The zero-order valence-corrected chi connectivity index (χ0v) is 9.09. The van der Waals surface area contributed by atoms with Gasteiger partial charge in [-0.25, -0.2) is 9.78 Å². The molecular weight excluding hydrogens is 194 g/mol. The molecule has 0 saturated heterocycles. The van der Waals surface area contributed by atoms with E-state index in [-0.39, 0.29) is 5.97 Å². The first kappa shape index (κ1) is 9.96. The van der Waals surface area contributed by atoms with Crippen LogP contribution in [0.25, 0.3) is 0 Å². The molecule has 1 aliphatic heterocycles. The van der Waals surface area contributed by atoms with Crippen LogP contribution >= 0.6 is 0 Å². The van der Waals surface area contributed by atoms with Crippen molar-refractivity contribution in [3.63, 3.8) is 0 Å². The van der Waals surface area contributed by atoms with E-state index in [2.05, 4.69) is 4.98 Å². The van der Waals surface area contributed by atoms with Crippen LogP contribution < -0.4 is 4.74 Å². The van der Waals surface area contributed by atoms with Gasteiger partial charge in [0.2, 0.25) is 5.88 Å². The number of methoxy groups -OCH3 is 1. The number of carbonyl (C=O) groups excluding carboxylic acids is 1. The molecule has 2 heterocycles. The highest BCUT2D eigenvalue weighted by atomic mass is 16.5. The molecule has 2 rings (SSSR count). The van der Waals surface area contributed by atoms with E-state index in [4.69, 9.17) is 9.47 Å². The summed E-state index contributed by atoms with van der Waals surface area (Å²) in [4.78, 5) is 15.8. The zero-order chi connectivity index (χ0) is 11.0. The lowest BCUT2D eigenvalue weighted by Crippen LogP contribution is -2.21. The number of rotatable bonds is 1. The smallest absolute Gasteiger partial charge is 0.343 e. The molecule has 0 saturated carbocycles. The summed E-state index contributed by atoms with van der Waals surface area (Å²) in [5.74, 6) is 0.0431. The Hall–Kier alpha value is -1.58. The summed E-state index contributed by atoms with van der Waals surface area (Å²) < 4.78 is 10.1. The number of aromatic nitrogens is 1. The summed E-state index contributed by atoms with van der Waals surface area (Å²) in [5.41, 5.74) is 3.46. The fourth-order valence-corrected chi connectivity index (χ4v) is 1.82. The van der Waals surface area contributed by atoms with Crippen LogP contribution in [-0.2, 0) is 11.2 Å². The molecule has 0 amide bonds. The third-order valence-electron chi connectivity index (χ3n) is 2.76. The fourth-order valence-electron chi connectivity index (χ4n) is 1.82. The Kier molecular flexibility index (Phi) is 2.34. The number of hydrogen-bond donors (Lipinski definition) is 0. The van der Waals surface area contributed by atoms with Gasteiger partial charge in [-0.05, 0) is 25.0 Å². The second-order valence-electron chi connectivity index (χ2n) is 3.57. The van der Waals surface area contributed by atoms with E-state index >= 15 is 0 Å². The highest BCUT2D eigenvalue weighted by Crippen LogP contribution is 2.28. The van der Waals surface area contributed by atoms with Crippen molar-refractivity contribution in [2.45, 2.75) is 20.3 Å².